The van der Waals surface area contributed by atoms with E-state index in [9.17, 15) is 27.6 Å². The molecule has 11 nitrogen and oxygen atoms in total. The van der Waals surface area contributed by atoms with E-state index in [1.54, 1.807) is 26.2 Å². The second-order valence-corrected chi connectivity index (χ2v) is 13.5. The molecule has 5 aromatic rings. The number of halogens is 4. The summed E-state index contributed by atoms with van der Waals surface area (Å²) in [5.74, 6) is 0.227. The molecule has 7 rings (SSSR count). The average Bonchev–Trinajstić information content (AvgIpc) is 3.74. The third-order valence-corrected chi connectivity index (χ3v) is 10.4. The van der Waals surface area contributed by atoms with Crippen molar-refractivity contribution in [1.82, 2.24) is 29.7 Å². The highest BCUT2D eigenvalue weighted by Crippen LogP contribution is 2.43. The Morgan fingerprint density at radius 3 is 2.42 bits per heavy atom. The number of carbonyl (C=O) groups is 1. The molecular weight excluding hydrogens is 699 g/mol. The molecule has 1 aliphatic heterocycles. The van der Waals surface area contributed by atoms with Crippen LogP contribution in [0.25, 0.3) is 33.3 Å². The summed E-state index contributed by atoms with van der Waals surface area (Å²) < 4.78 is 49.5. The van der Waals surface area contributed by atoms with Crippen LogP contribution in [0.5, 0.6) is 5.88 Å². The number of aromatic nitrogens is 4. The molecule has 0 spiro atoms. The molecule has 1 saturated heterocycles. The van der Waals surface area contributed by atoms with E-state index in [0.717, 1.165) is 39.5 Å². The van der Waals surface area contributed by atoms with Gasteiger partial charge in [-0.15, -0.1) is 0 Å². The highest BCUT2D eigenvalue weighted by atomic mass is 35.5. The van der Waals surface area contributed by atoms with Crippen molar-refractivity contribution in [2.75, 3.05) is 19.0 Å². The van der Waals surface area contributed by atoms with Crippen molar-refractivity contribution >= 4 is 39.9 Å². The quantitative estimate of drug-likeness (QED) is 0.178. The maximum absolute atomic E-state index is 14.0. The summed E-state index contributed by atoms with van der Waals surface area (Å²) in [4.78, 5) is 46.2. The molecule has 15 heteroatoms. The number of hydrogen-bond donors (Lipinski definition) is 3. The third kappa shape index (κ3) is 6.19. The van der Waals surface area contributed by atoms with Gasteiger partial charge in [0.15, 0.2) is 0 Å². The van der Waals surface area contributed by atoms with Gasteiger partial charge >= 0.3 is 11.9 Å². The molecule has 0 radical (unpaired) electrons. The molecule has 0 bridgehead atoms. The number of carbonyl (C=O) groups excluding carboxylic acids is 1. The molecule has 2 atom stereocenters. The van der Waals surface area contributed by atoms with Gasteiger partial charge in [0.25, 0.3) is 5.56 Å². The summed E-state index contributed by atoms with van der Waals surface area (Å²) in [6.45, 7) is 2.43. The number of nitrogens with one attached hydrogen (secondary N) is 3. The Hall–Kier alpha value is -5.21. The first-order valence-corrected chi connectivity index (χ1v) is 17.1. The van der Waals surface area contributed by atoms with Crippen molar-refractivity contribution in [3.63, 3.8) is 0 Å². The number of rotatable bonds is 8. The standard InChI is InChI=1S/C37H35ClF3N7O4/c1-18-21(7-6-10-24(18)44-33-31-27(16-28(46-33)37(39,40)41)47(2)36(51)48(3)35(31)50)22-8-5-9-23(32(22)38)26-15-19-11-13-25(30(19)34(45-26)52-4)42-17-20-12-14-29(49)43-20/h5-10,15-16,20,25,42H,11-14,17H2,1-4H3,(H,43,49)(H,44,46)/t20-,25+/m1/s1. The van der Waals surface area contributed by atoms with Crippen molar-refractivity contribution in [1.29, 1.82) is 0 Å². The minimum Gasteiger partial charge on any atom is -0.481 e. The first-order chi connectivity index (χ1) is 24.8. The van der Waals surface area contributed by atoms with Gasteiger partial charge in [0.1, 0.15) is 16.9 Å². The minimum atomic E-state index is -4.84. The summed E-state index contributed by atoms with van der Waals surface area (Å²) in [5, 5.41) is 9.77. The van der Waals surface area contributed by atoms with Crippen LogP contribution in [0.2, 0.25) is 5.02 Å². The van der Waals surface area contributed by atoms with Crippen LogP contribution < -0.4 is 31.9 Å². The summed E-state index contributed by atoms with van der Waals surface area (Å²) in [5.41, 5.74) is 2.71. The number of fused-ring (bicyclic) bond motifs is 2. The molecular formula is C37H35ClF3N7O4. The van der Waals surface area contributed by atoms with E-state index in [0.29, 0.717) is 63.6 Å². The van der Waals surface area contributed by atoms with Crippen LogP contribution in [0, 0.1) is 6.92 Å². The zero-order valence-corrected chi connectivity index (χ0v) is 29.5. The van der Waals surface area contributed by atoms with E-state index in [-0.39, 0.29) is 34.7 Å². The molecule has 270 valence electrons. The number of aryl methyl sites for hydroxylation is 2. The lowest BCUT2D eigenvalue weighted by Gasteiger charge is -2.20. The van der Waals surface area contributed by atoms with Crippen LogP contribution in [0.3, 0.4) is 0 Å². The SMILES string of the molecule is COc1nc(-c2cccc(-c3cccc(Nc4nc(C(F)(F)F)cc5c4c(=O)n(C)c(=O)n5C)c3C)c2Cl)cc2c1[C@@H](NC[C@H]1CCC(=O)N1)CC2. The number of amides is 1. The Morgan fingerprint density at radius 2 is 1.71 bits per heavy atom. The Morgan fingerprint density at radius 1 is 0.981 bits per heavy atom. The zero-order valence-electron chi connectivity index (χ0n) is 28.7. The average molecular weight is 734 g/mol. The maximum atomic E-state index is 14.0. The van der Waals surface area contributed by atoms with Crippen molar-refractivity contribution in [3.05, 3.63) is 96.8 Å². The van der Waals surface area contributed by atoms with Crippen LogP contribution in [0.1, 0.15) is 47.7 Å². The molecule has 1 amide bonds. The number of pyridine rings is 2. The summed E-state index contributed by atoms with van der Waals surface area (Å²) >= 11 is 7.13. The van der Waals surface area contributed by atoms with E-state index < -0.39 is 23.1 Å². The smallest absolute Gasteiger partial charge is 0.433 e. The van der Waals surface area contributed by atoms with Crippen molar-refractivity contribution in [2.45, 2.75) is 50.9 Å². The van der Waals surface area contributed by atoms with Gasteiger partial charge in [-0.3, -0.25) is 18.7 Å². The second kappa shape index (κ2) is 13.4. The Kier molecular flexibility index (Phi) is 9.07. The number of benzene rings is 2. The zero-order chi connectivity index (χ0) is 37.1. The fourth-order valence-corrected chi connectivity index (χ4v) is 7.50. The molecule has 3 aromatic heterocycles. The van der Waals surface area contributed by atoms with Crippen molar-refractivity contribution in [3.8, 4) is 28.3 Å². The number of nitrogens with zero attached hydrogens (tertiary/aromatic N) is 4. The van der Waals surface area contributed by atoms with Gasteiger partial charge in [-0.1, -0.05) is 41.9 Å². The van der Waals surface area contributed by atoms with E-state index in [1.807, 2.05) is 30.3 Å². The van der Waals surface area contributed by atoms with Gasteiger partial charge in [0, 0.05) is 61.5 Å². The fraction of sp³-hybridized carbons (Fsp3) is 0.324. The number of hydrogen-bond acceptors (Lipinski definition) is 8. The highest BCUT2D eigenvalue weighted by molar-refractivity contribution is 6.36. The van der Waals surface area contributed by atoms with Crippen molar-refractivity contribution in [2.24, 2.45) is 14.1 Å². The minimum absolute atomic E-state index is 0.0252. The Labute approximate surface area is 300 Å². The Balaban J connectivity index is 1.25. The van der Waals surface area contributed by atoms with Gasteiger partial charge in [0.05, 0.1) is 23.3 Å². The van der Waals surface area contributed by atoms with Gasteiger partial charge < -0.3 is 20.7 Å². The highest BCUT2D eigenvalue weighted by Gasteiger charge is 2.35. The van der Waals surface area contributed by atoms with Crippen LogP contribution in [-0.4, -0.2) is 44.7 Å². The summed E-state index contributed by atoms with van der Waals surface area (Å²) in [6.07, 6.45) is -1.85. The van der Waals surface area contributed by atoms with Gasteiger partial charge in [0.2, 0.25) is 11.8 Å². The number of alkyl halides is 3. The molecule has 1 fully saturated rings. The largest absolute Gasteiger partial charge is 0.481 e. The first kappa shape index (κ1) is 35.2. The van der Waals surface area contributed by atoms with E-state index in [2.05, 4.69) is 20.9 Å². The molecule has 52 heavy (non-hydrogen) atoms. The lowest BCUT2D eigenvalue weighted by atomic mass is 9.96. The number of anilines is 2. The van der Waals surface area contributed by atoms with Crippen molar-refractivity contribution < 1.29 is 22.7 Å². The molecule has 0 saturated carbocycles. The molecule has 2 aromatic carbocycles. The molecule has 2 aliphatic rings. The molecule has 3 N–H and O–H groups in total. The Bertz CT molecular complexity index is 2390. The maximum Gasteiger partial charge on any atom is 0.433 e. The van der Waals surface area contributed by atoms with E-state index in [1.165, 1.54) is 14.1 Å². The molecule has 4 heterocycles. The number of ether oxygens (including phenoxy) is 1. The van der Waals surface area contributed by atoms with Crippen LogP contribution in [0.4, 0.5) is 24.7 Å². The fourth-order valence-electron chi connectivity index (χ4n) is 7.17. The van der Waals surface area contributed by atoms with Gasteiger partial charge in [-0.2, -0.15) is 13.2 Å². The summed E-state index contributed by atoms with van der Waals surface area (Å²) in [6, 6.07) is 13.6. The number of methoxy groups -OCH3 is 1. The third-order valence-electron chi connectivity index (χ3n) is 9.94. The second-order valence-electron chi connectivity index (χ2n) is 13.1. The van der Waals surface area contributed by atoms with Gasteiger partial charge in [-0.05, 0) is 61.1 Å². The van der Waals surface area contributed by atoms with Crippen LogP contribution in [-0.2, 0) is 31.5 Å². The summed E-state index contributed by atoms with van der Waals surface area (Å²) in [7, 11) is 4.14. The van der Waals surface area contributed by atoms with Gasteiger partial charge in [-0.25, -0.2) is 14.8 Å². The lowest BCUT2D eigenvalue weighted by Crippen LogP contribution is -2.37. The van der Waals surface area contributed by atoms with Crippen LogP contribution in [0.15, 0.2) is 58.1 Å². The first-order valence-electron chi connectivity index (χ1n) is 16.7. The predicted octanol–water partition coefficient (Wildman–Crippen LogP) is 5.95. The molecule has 0 unspecified atom stereocenters. The lowest BCUT2D eigenvalue weighted by molar-refractivity contribution is -0.141. The predicted molar refractivity (Wildman–Crippen MR) is 192 cm³/mol. The normalized spacial score (nSPS) is 17.0. The van der Waals surface area contributed by atoms with E-state index in [4.69, 9.17) is 21.3 Å². The van der Waals surface area contributed by atoms with E-state index >= 15 is 0 Å². The monoisotopic (exact) mass is 733 g/mol. The topological polar surface area (TPSA) is 132 Å². The van der Waals surface area contributed by atoms with Crippen LogP contribution >= 0.6 is 11.6 Å². The molecule has 1 aliphatic carbocycles.